The van der Waals surface area contributed by atoms with E-state index in [1.807, 2.05) is 31.3 Å². The maximum Gasteiger partial charge on any atom is 0.337 e. The van der Waals surface area contributed by atoms with Crippen molar-refractivity contribution >= 4 is 5.97 Å². The Hall–Kier alpha value is -3.22. The van der Waals surface area contributed by atoms with Crippen molar-refractivity contribution in [2.75, 3.05) is 7.11 Å². The molecule has 0 aliphatic carbocycles. The molecule has 0 radical (unpaired) electrons. The van der Waals surface area contributed by atoms with Crippen molar-refractivity contribution in [3.63, 3.8) is 0 Å². The molecule has 0 aliphatic rings. The molecular weight excluding hydrogens is 320 g/mol. The molecule has 0 saturated heterocycles. The third-order valence-electron chi connectivity index (χ3n) is 3.94. The van der Waals surface area contributed by atoms with Crippen molar-refractivity contribution in [2.24, 2.45) is 0 Å². The Labute approximate surface area is 144 Å². The minimum Gasteiger partial charge on any atom is -0.465 e. The van der Waals surface area contributed by atoms with Crippen molar-refractivity contribution in [2.45, 2.75) is 19.9 Å². The number of methoxy groups -OCH3 is 1. The van der Waals surface area contributed by atoms with Crippen LogP contribution in [0.2, 0.25) is 0 Å². The molecule has 7 nitrogen and oxygen atoms in total. The summed E-state index contributed by atoms with van der Waals surface area (Å²) in [6.45, 7) is 3.73. The second-order valence-electron chi connectivity index (χ2n) is 5.69. The minimum atomic E-state index is -0.365. The van der Waals surface area contributed by atoms with Gasteiger partial charge in [-0.15, -0.1) is 0 Å². The lowest BCUT2D eigenvalue weighted by molar-refractivity contribution is 0.0600. The van der Waals surface area contributed by atoms with Gasteiger partial charge >= 0.3 is 5.97 Å². The molecule has 1 N–H and O–H groups in total. The fraction of sp³-hybridized carbons (Fsp3) is 0.222. The van der Waals surface area contributed by atoms with Gasteiger partial charge in [-0.25, -0.2) is 9.78 Å². The van der Waals surface area contributed by atoms with Gasteiger partial charge in [0.1, 0.15) is 11.5 Å². The lowest BCUT2D eigenvalue weighted by atomic mass is 10.1. The molecule has 7 heteroatoms. The normalized spacial score (nSPS) is 12.0. The summed E-state index contributed by atoms with van der Waals surface area (Å²) in [5.74, 6) is 0.180. The van der Waals surface area contributed by atoms with Crippen LogP contribution in [0.3, 0.4) is 0 Å². The Bertz CT molecular complexity index is 957. The number of carbonyl (C=O) groups is 1. The van der Waals surface area contributed by atoms with Gasteiger partial charge in [0.2, 0.25) is 0 Å². The Morgan fingerprint density at radius 2 is 1.92 bits per heavy atom. The van der Waals surface area contributed by atoms with Gasteiger partial charge in [0.15, 0.2) is 0 Å². The molecule has 0 spiro atoms. The first-order chi connectivity index (χ1) is 12.0. The highest BCUT2D eigenvalue weighted by Gasteiger charge is 2.13. The second kappa shape index (κ2) is 6.72. The molecule has 3 rings (SSSR count). The van der Waals surface area contributed by atoms with E-state index in [0.29, 0.717) is 22.8 Å². The molecule has 1 unspecified atom stereocenters. The van der Waals surface area contributed by atoms with Crippen LogP contribution in [-0.4, -0.2) is 32.8 Å². The highest BCUT2D eigenvalue weighted by atomic mass is 16.5. The average Bonchev–Trinajstić information content (AvgIpc) is 3.10. The van der Waals surface area contributed by atoms with Crippen LogP contribution in [0.15, 0.2) is 47.4 Å². The quantitative estimate of drug-likeness (QED) is 0.738. The molecule has 2 heterocycles. The van der Waals surface area contributed by atoms with E-state index in [1.54, 1.807) is 23.7 Å². The molecule has 2 aromatic heterocycles. The molecule has 128 valence electrons. The Morgan fingerprint density at radius 1 is 1.20 bits per heavy atom. The Balaban J connectivity index is 1.86. The number of hydrogen-bond acceptors (Lipinski definition) is 5. The molecule has 0 amide bonds. The lowest BCUT2D eigenvalue weighted by Gasteiger charge is -2.13. The maximum atomic E-state index is 11.6. The Morgan fingerprint density at radius 3 is 2.56 bits per heavy atom. The largest absolute Gasteiger partial charge is 0.465 e. The summed E-state index contributed by atoms with van der Waals surface area (Å²) >= 11 is 0. The standard InChI is InChI=1S/C18H18N4O3/c1-11(13-4-6-14(7-5-13)18(24)25-3)22-9-8-15(21-22)16-10-17(23)20-12(2)19-16/h4-11H,1-3H3,(H,19,20,23). The van der Waals surface area contributed by atoms with Gasteiger partial charge in [0.05, 0.1) is 24.4 Å². The zero-order valence-electron chi connectivity index (χ0n) is 14.2. The fourth-order valence-electron chi connectivity index (χ4n) is 2.57. The minimum absolute atomic E-state index is 0.0384. The zero-order chi connectivity index (χ0) is 18.0. The number of rotatable bonds is 4. The van der Waals surface area contributed by atoms with E-state index in [4.69, 9.17) is 4.74 Å². The van der Waals surface area contributed by atoms with Crippen LogP contribution in [0.1, 0.15) is 34.7 Å². The highest BCUT2D eigenvalue weighted by Crippen LogP contribution is 2.21. The van der Waals surface area contributed by atoms with Crippen molar-refractivity contribution in [3.05, 3.63) is 69.9 Å². The van der Waals surface area contributed by atoms with Crippen molar-refractivity contribution in [1.29, 1.82) is 0 Å². The van der Waals surface area contributed by atoms with E-state index in [-0.39, 0.29) is 17.6 Å². The van der Waals surface area contributed by atoms with Crippen molar-refractivity contribution < 1.29 is 9.53 Å². The van der Waals surface area contributed by atoms with Gasteiger partial charge in [-0.3, -0.25) is 9.48 Å². The lowest BCUT2D eigenvalue weighted by Crippen LogP contribution is -2.10. The third kappa shape index (κ3) is 3.50. The van der Waals surface area contributed by atoms with Gasteiger partial charge in [0.25, 0.3) is 5.56 Å². The van der Waals surface area contributed by atoms with Crippen molar-refractivity contribution in [3.8, 4) is 11.4 Å². The number of hydrogen-bond donors (Lipinski definition) is 1. The van der Waals surface area contributed by atoms with Crippen LogP contribution in [0, 0.1) is 6.92 Å². The first-order valence-electron chi connectivity index (χ1n) is 7.79. The molecule has 0 fully saturated rings. The van der Waals surface area contributed by atoms with E-state index >= 15 is 0 Å². The summed E-state index contributed by atoms with van der Waals surface area (Å²) in [4.78, 5) is 30.0. The highest BCUT2D eigenvalue weighted by molar-refractivity contribution is 5.89. The number of aromatic amines is 1. The predicted octanol–water partition coefficient (Wildman–Crippen LogP) is 2.34. The van der Waals surface area contributed by atoms with E-state index in [1.165, 1.54) is 13.2 Å². The first kappa shape index (κ1) is 16.6. The summed E-state index contributed by atoms with van der Waals surface area (Å²) < 4.78 is 6.49. The summed E-state index contributed by atoms with van der Waals surface area (Å²) in [7, 11) is 1.36. The zero-order valence-corrected chi connectivity index (χ0v) is 14.2. The predicted molar refractivity (Wildman–Crippen MR) is 92.4 cm³/mol. The number of nitrogens with zero attached hydrogens (tertiary/aromatic N) is 3. The molecule has 1 aromatic carbocycles. The van der Waals surface area contributed by atoms with Gasteiger partial charge in [-0.2, -0.15) is 5.10 Å². The Kier molecular flexibility index (Phi) is 4.47. The SMILES string of the molecule is COC(=O)c1ccc(C(C)n2ccc(-c3cc(=O)[nH]c(C)n3)n2)cc1. The number of nitrogens with one attached hydrogen (secondary N) is 1. The van der Waals surface area contributed by atoms with E-state index in [9.17, 15) is 9.59 Å². The van der Waals surface area contributed by atoms with Gasteiger partial charge in [-0.05, 0) is 37.6 Å². The monoisotopic (exact) mass is 338 g/mol. The molecular formula is C18H18N4O3. The van der Waals surface area contributed by atoms with Crippen molar-refractivity contribution in [1.82, 2.24) is 19.7 Å². The van der Waals surface area contributed by atoms with E-state index in [2.05, 4.69) is 15.1 Å². The fourth-order valence-corrected chi connectivity index (χ4v) is 2.57. The summed E-state index contributed by atoms with van der Waals surface area (Å²) in [5, 5.41) is 4.52. The summed E-state index contributed by atoms with van der Waals surface area (Å²) in [6.07, 6.45) is 1.84. The van der Waals surface area contributed by atoms with Crippen LogP contribution in [0.4, 0.5) is 0 Å². The summed E-state index contributed by atoms with van der Waals surface area (Å²) in [5.41, 5.74) is 2.46. The second-order valence-corrected chi connectivity index (χ2v) is 5.69. The molecule has 0 aliphatic heterocycles. The van der Waals surface area contributed by atoms with Gasteiger partial charge in [0, 0.05) is 12.3 Å². The summed E-state index contributed by atoms with van der Waals surface area (Å²) in [6, 6.07) is 10.4. The van der Waals surface area contributed by atoms with E-state index < -0.39 is 0 Å². The molecule has 25 heavy (non-hydrogen) atoms. The third-order valence-corrected chi connectivity index (χ3v) is 3.94. The van der Waals surface area contributed by atoms with Gasteiger partial charge in [-0.1, -0.05) is 12.1 Å². The molecule has 0 bridgehead atoms. The number of esters is 1. The van der Waals surface area contributed by atoms with Crippen LogP contribution in [-0.2, 0) is 4.74 Å². The number of aromatic nitrogens is 4. The first-order valence-corrected chi connectivity index (χ1v) is 7.79. The number of carbonyl (C=O) groups excluding carboxylic acids is 1. The molecule has 3 aromatic rings. The number of ether oxygens (including phenoxy) is 1. The average molecular weight is 338 g/mol. The van der Waals surface area contributed by atoms with Crippen LogP contribution in [0.5, 0.6) is 0 Å². The van der Waals surface area contributed by atoms with E-state index in [0.717, 1.165) is 5.56 Å². The number of aryl methyl sites for hydroxylation is 1. The maximum absolute atomic E-state index is 11.6. The molecule has 0 saturated carbocycles. The smallest absolute Gasteiger partial charge is 0.337 e. The van der Waals surface area contributed by atoms with Gasteiger partial charge < -0.3 is 9.72 Å². The van der Waals surface area contributed by atoms with Crippen LogP contribution >= 0.6 is 0 Å². The number of benzene rings is 1. The van der Waals surface area contributed by atoms with Crippen LogP contribution < -0.4 is 5.56 Å². The number of H-pyrrole nitrogens is 1. The van der Waals surface area contributed by atoms with Crippen LogP contribution in [0.25, 0.3) is 11.4 Å². The molecule has 1 atom stereocenters. The topological polar surface area (TPSA) is 89.9 Å².